The van der Waals surface area contributed by atoms with Crippen LogP contribution in [-0.4, -0.2) is 27.6 Å². The molecule has 100 valence electrons. The van der Waals surface area contributed by atoms with Gasteiger partial charge in [0.2, 0.25) is 0 Å². The third-order valence-electron chi connectivity index (χ3n) is 1.82. The predicted octanol–water partition coefficient (Wildman–Crippen LogP) is 2.21. The van der Waals surface area contributed by atoms with E-state index in [4.69, 9.17) is 27.0 Å². The highest BCUT2D eigenvalue weighted by atomic mass is 35.7. The number of carbonyl (C=O) groups is 1. The molecule has 8 heteroatoms. The Balaban J connectivity index is 2.93. The smallest absolute Gasteiger partial charge is 0.344 e. The van der Waals surface area contributed by atoms with E-state index in [1.165, 1.54) is 12.1 Å². The minimum absolute atomic E-state index is 0.0533. The summed E-state index contributed by atoms with van der Waals surface area (Å²) >= 11 is 5.67. The van der Waals surface area contributed by atoms with Crippen LogP contribution in [0, 0.1) is 0 Å². The maximum Gasteiger partial charge on any atom is 0.344 e. The van der Waals surface area contributed by atoms with Crippen molar-refractivity contribution < 1.29 is 22.7 Å². The highest BCUT2D eigenvalue weighted by Crippen LogP contribution is 2.29. The van der Waals surface area contributed by atoms with Crippen LogP contribution in [0.25, 0.3) is 0 Å². The number of esters is 1. The fourth-order valence-electron chi connectivity index (χ4n) is 1.13. The van der Waals surface area contributed by atoms with Gasteiger partial charge < -0.3 is 9.47 Å². The zero-order valence-corrected chi connectivity index (χ0v) is 11.7. The minimum atomic E-state index is -4.01. The van der Waals surface area contributed by atoms with Crippen LogP contribution in [0.1, 0.15) is 6.92 Å². The van der Waals surface area contributed by atoms with Gasteiger partial charge in [-0.15, -0.1) is 0 Å². The Hall–Kier alpha value is -0.980. The van der Waals surface area contributed by atoms with E-state index in [0.717, 1.165) is 6.07 Å². The Morgan fingerprint density at radius 1 is 1.39 bits per heavy atom. The summed E-state index contributed by atoms with van der Waals surface area (Å²) in [5.74, 6) is -0.659. The summed E-state index contributed by atoms with van der Waals surface area (Å²) in [5, 5.41) is 0.192. The molecule has 1 aromatic rings. The lowest BCUT2D eigenvalue weighted by atomic mass is 10.3. The van der Waals surface area contributed by atoms with E-state index in [0.29, 0.717) is 0 Å². The van der Waals surface area contributed by atoms with Crippen LogP contribution in [-0.2, 0) is 18.6 Å². The summed E-state index contributed by atoms with van der Waals surface area (Å²) in [7, 11) is 1.22. The average Bonchev–Trinajstić information content (AvgIpc) is 2.26. The fourth-order valence-corrected chi connectivity index (χ4v) is 2.36. The summed E-state index contributed by atoms with van der Waals surface area (Å²) < 4.78 is 32.3. The molecule has 0 atom stereocenters. The van der Waals surface area contributed by atoms with E-state index in [2.05, 4.69) is 4.74 Å². The highest BCUT2D eigenvalue weighted by molar-refractivity contribution is 8.13. The molecule has 0 unspecified atom stereocenters. The van der Waals surface area contributed by atoms with Crippen molar-refractivity contribution in [1.29, 1.82) is 0 Å². The first-order valence-corrected chi connectivity index (χ1v) is 7.56. The van der Waals surface area contributed by atoms with Gasteiger partial charge in [0, 0.05) is 15.7 Å². The zero-order valence-electron chi connectivity index (χ0n) is 9.35. The predicted molar refractivity (Wildman–Crippen MR) is 66.6 cm³/mol. The molecule has 0 N–H and O–H groups in total. The molecule has 0 saturated carbocycles. The van der Waals surface area contributed by atoms with E-state index in [9.17, 15) is 13.2 Å². The molecule has 0 radical (unpaired) electrons. The van der Waals surface area contributed by atoms with Crippen LogP contribution in [0.15, 0.2) is 23.1 Å². The van der Waals surface area contributed by atoms with E-state index in [-0.39, 0.29) is 22.3 Å². The quantitative estimate of drug-likeness (QED) is 0.616. The molecule has 5 nitrogen and oxygen atoms in total. The van der Waals surface area contributed by atoms with Crippen LogP contribution in [0.4, 0.5) is 0 Å². The van der Waals surface area contributed by atoms with Crippen LogP contribution < -0.4 is 4.74 Å². The second-order valence-electron chi connectivity index (χ2n) is 3.12. The minimum Gasteiger partial charge on any atom is -0.480 e. The largest absolute Gasteiger partial charge is 0.480 e. The third-order valence-corrected chi connectivity index (χ3v) is 3.40. The molecule has 0 heterocycles. The van der Waals surface area contributed by atoms with Crippen molar-refractivity contribution in [3.05, 3.63) is 23.2 Å². The lowest BCUT2D eigenvalue weighted by molar-refractivity contribution is -0.145. The molecule has 0 spiro atoms. The summed E-state index contributed by atoms with van der Waals surface area (Å²) in [5.41, 5.74) is 0. The summed E-state index contributed by atoms with van der Waals surface area (Å²) in [4.78, 5) is 10.8. The van der Waals surface area contributed by atoms with Gasteiger partial charge in [0.1, 0.15) is 10.6 Å². The summed E-state index contributed by atoms with van der Waals surface area (Å²) in [6.07, 6.45) is 0. The summed E-state index contributed by atoms with van der Waals surface area (Å²) in [6, 6.07) is 3.88. The van der Waals surface area contributed by atoms with Crippen LogP contribution in [0.3, 0.4) is 0 Å². The normalized spacial score (nSPS) is 11.1. The molecule has 0 aromatic heterocycles. The topological polar surface area (TPSA) is 69.7 Å². The number of benzene rings is 1. The molecule has 1 aromatic carbocycles. The van der Waals surface area contributed by atoms with Crippen molar-refractivity contribution >= 4 is 37.3 Å². The molecule has 0 amide bonds. The monoisotopic (exact) mass is 312 g/mol. The van der Waals surface area contributed by atoms with E-state index >= 15 is 0 Å². The standard InChI is InChI=1S/C10H10Cl2O5S/c1-2-16-10(13)6-17-8-4-3-7(11)5-9(8)18(12,14)15/h3-5H,2,6H2,1H3. The molecule has 0 bridgehead atoms. The molecule has 1 rings (SSSR count). The second-order valence-corrected chi connectivity index (χ2v) is 6.09. The Labute approximate surface area is 114 Å². The van der Waals surface area contributed by atoms with Crippen LogP contribution in [0.5, 0.6) is 5.75 Å². The van der Waals surface area contributed by atoms with Crippen molar-refractivity contribution in [1.82, 2.24) is 0 Å². The van der Waals surface area contributed by atoms with Gasteiger partial charge in [0.05, 0.1) is 6.61 Å². The molecule has 18 heavy (non-hydrogen) atoms. The zero-order chi connectivity index (χ0) is 13.8. The number of hydrogen-bond donors (Lipinski definition) is 0. The van der Waals surface area contributed by atoms with Gasteiger partial charge in [-0.25, -0.2) is 13.2 Å². The molecule has 0 aliphatic rings. The van der Waals surface area contributed by atoms with Gasteiger partial charge in [-0.3, -0.25) is 0 Å². The maximum absolute atomic E-state index is 11.3. The van der Waals surface area contributed by atoms with Gasteiger partial charge in [0.25, 0.3) is 9.05 Å². The summed E-state index contributed by atoms with van der Waals surface area (Å²) in [6.45, 7) is 1.45. The maximum atomic E-state index is 11.3. The Morgan fingerprint density at radius 3 is 2.61 bits per heavy atom. The first-order valence-electron chi connectivity index (χ1n) is 4.87. The van der Waals surface area contributed by atoms with Gasteiger partial charge in [-0.1, -0.05) is 11.6 Å². The Bertz CT molecular complexity index is 541. The van der Waals surface area contributed by atoms with Gasteiger partial charge in [-0.05, 0) is 25.1 Å². The van der Waals surface area contributed by atoms with Crippen molar-refractivity contribution in [2.45, 2.75) is 11.8 Å². The van der Waals surface area contributed by atoms with Crippen molar-refractivity contribution in [2.24, 2.45) is 0 Å². The van der Waals surface area contributed by atoms with Crippen molar-refractivity contribution in [3.63, 3.8) is 0 Å². The molecule has 0 aliphatic heterocycles. The number of hydrogen-bond acceptors (Lipinski definition) is 5. The van der Waals surface area contributed by atoms with Crippen molar-refractivity contribution in [2.75, 3.05) is 13.2 Å². The number of halogens is 2. The van der Waals surface area contributed by atoms with E-state index in [1.54, 1.807) is 6.92 Å². The Morgan fingerprint density at radius 2 is 2.06 bits per heavy atom. The van der Waals surface area contributed by atoms with Crippen molar-refractivity contribution in [3.8, 4) is 5.75 Å². The van der Waals surface area contributed by atoms with E-state index < -0.39 is 21.6 Å². The van der Waals surface area contributed by atoms with E-state index in [1.807, 2.05) is 0 Å². The number of carbonyl (C=O) groups excluding carboxylic acids is 1. The molecule has 0 saturated heterocycles. The highest BCUT2D eigenvalue weighted by Gasteiger charge is 2.18. The average molecular weight is 313 g/mol. The van der Waals surface area contributed by atoms with Crippen LogP contribution >= 0.6 is 22.3 Å². The first kappa shape index (κ1) is 15.1. The number of ether oxygens (including phenoxy) is 2. The van der Waals surface area contributed by atoms with Gasteiger partial charge in [0.15, 0.2) is 6.61 Å². The third kappa shape index (κ3) is 4.36. The second kappa shape index (κ2) is 6.26. The molecular weight excluding hydrogens is 303 g/mol. The van der Waals surface area contributed by atoms with Crippen LogP contribution in [0.2, 0.25) is 5.02 Å². The lowest BCUT2D eigenvalue weighted by Gasteiger charge is -2.09. The molecule has 0 aliphatic carbocycles. The lowest BCUT2D eigenvalue weighted by Crippen LogP contribution is -2.15. The SMILES string of the molecule is CCOC(=O)COc1ccc(Cl)cc1S(=O)(=O)Cl. The fraction of sp³-hybridized carbons (Fsp3) is 0.300. The number of rotatable bonds is 5. The Kier molecular flexibility index (Phi) is 5.25. The van der Waals surface area contributed by atoms with Gasteiger partial charge in [-0.2, -0.15) is 0 Å². The molecule has 0 fully saturated rings. The molecular formula is C10H10Cl2O5S. The van der Waals surface area contributed by atoms with Gasteiger partial charge >= 0.3 is 5.97 Å². The first-order chi connectivity index (χ1) is 8.34.